The fraction of sp³-hybridized carbons (Fsp3) is 0.533. The van der Waals surface area contributed by atoms with E-state index in [1.54, 1.807) is 6.08 Å². The van der Waals surface area contributed by atoms with Gasteiger partial charge in [0.15, 0.2) is 0 Å². The maximum absolute atomic E-state index is 13.7. The van der Waals surface area contributed by atoms with E-state index >= 15 is 0 Å². The third-order valence-corrected chi connectivity index (χ3v) is 4.98. The van der Waals surface area contributed by atoms with E-state index in [1.165, 1.54) is 13.3 Å². The van der Waals surface area contributed by atoms with Crippen LogP contribution in [0.4, 0.5) is 4.39 Å². The smallest absolute Gasteiger partial charge is 0.232 e. The highest BCUT2D eigenvalue weighted by Gasteiger charge is 2.32. The SMILES string of the molecule is C=CCC[C@H](N[S@@+]([O-])C(C)(C)C)c1c(OC)cnc(F)c1Cl. The van der Waals surface area contributed by atoms with E-state index in [4.69, 9.17) is 16.3 Å². The summed E-state index contributed by atoms with van der Waals surface area (Å²) in [4.78, 5) is 3.55. The molecule has 124 valence electrons. The van der Waals surface area contributed by atoms with Gasteiger partial charge >= 0.3 is 0 Å². The van der Waals surface area contributed by atoms with Crippen molar-refractivity contribution in [3.05, 3.63) is 35.4 Å². The topological polar surface area (TPSA) is 57.2 Å². The summed E-state index contributed by atoms with van der Waals surface area (Å²) in [5.41, 5.74) is 0.427. The number of hydrogen-bond acceptors (Lipinski definition) is 4. The molecule has 1 N–H and O–H groups in total. The Morgan fingerprint density at radius 1 is 1.59 bits per heavy atom. The second-order valence-corrected chi connectivity index (χ2v) is 8.14. The molecule has 0 aliphatic rings. The molecule has 0 unspecified atom stereocenters. The quantitative estimate of drug-likeness (QED) is 0.460. The minimum atomic E-state index is -1.34. The monoisotopic (exact) mass is 348 g/mol. The Labute approximate surface area is 139 Å². The number of nitrogens with zero attached hydrogens (tertiary/aromatic N) is 1. The fourth-order valence-electron chi connectivity index (χ4n) is 1.80. The lowest BCUT2D eigenvalue weighted by molar-refractivity contribution is 0.395. The number of pyridine rings is 1. The second-order valence-electron chi connectivity index (χ2n) is 5.76. The molecule has 0 aliphatic heterocycles. The van der Waals surface area contributed by atoms with Gasteiger partial charge in [-0.15, -0.1) is 11.3 Å². The van der Waals surface area contributed by atoms with Crippen LogP contribution in [0.25, 0.3) is 0 Å². The first-order valence-electron chi connectivity index (χ1n) is 6.89. The van der Waals surface area contributed by atoms with E-state index in [1.807, 2.05) is 20.8 Å². The average molecular weight is 349 g/mol. The largest absolute Gasteiger partial charge is 0.598 e. The van der Waals surface area contributed by atoms with E-state index in [2.05, 4.69) is 16.3 Å². The Morgan fingerprint density at radius 2 is 2.23 bits per heavy atom. The van der Waals surface area contributed by atoms with Gasteiger partial charge in [0, 0.05) is 16.9 Å². The van der Waals surface area contributed by atoms with E-state index < -0.39 is 28.1 Å². The molecule has 4 nitrogen and oxygen atoms in total. The summed E-state index contributed by atoms with van der Waals surface area (Å²) in [5.74, 6) is -0.414. The molecule has 0 fully saturated rings. The lowest BCUT2D eigenvalue weighted by Crippen LogP contribution is -2.41. The lowest BCUT2D eigenvalue weighted by atomic mass is 10.0. The minimum Gasteiger partial charge on any atom is -0.598 e. The van der Waals surface area contributed by atoms with Crippen LogP contribution in [0.15, 0.2) is 18.9 Å². The number of rotatable bonds is 7. The Balaban J connectivity index is 3.22. The normalized spacial score (nSPS) is 14.5. The van der Waals surface area contributed by atoms with Gasteiger partial charge < -0.3 is 9.29 Å². The van der Waals surface area contributed by atoms with Crippen molar-refractivity contribution in [3.8, 4) is 5.75 Å². The number of halogens is 2. The molecule has 0 spiro atoms. The Hall–Kier alpha value is -0.820. The van der Waals surface area contributed by atoms with Crippen LogP contribution in [0.5, 0.6) is 5.75 Å². The second kappa shape index (κ2) is 8.15. The first kappa shape index (κ1) is 19.2. The molecule has 1 aromatic rings. The van der Waals surface area contributed by atoms with Gasteiger partial charge in [-0.05, 0) is 33.6 Å². The van der Waals surface area contributed by atoms with Crippen LogP contribution >= 0.6 is 11.6 Å². The van der Waals surface area contributed by atoms with Crippen LogP contribution in [0.2, 0.25) is 5.02 Å². The molecular weight excluding hydrogens is 327 g/mol. The van der Waals surface area contributed by atoms with E-state index in [-0.39, 0.29) is 5.02 Å². The van der Waals surface area contributed by atoms with Gasteiger partial charge in [0.05, 0.1) is 19.3 Å². The molecule has 0 bridgehead atoms. The summed E-state index contributed by atoms with van der Waals surface area (Å²) in [6, 6.07) is -0.432. The van der Waals surface area contributed by atoms with Gasteiger partial charge in [-0.2, -0.15) is 4.39 Å². The number of methoxy groups -OCH3 is 1. The van der Waals surface area contributed by atoms with Gasteiger partial charge in [0.25, 0.3) is 0 Å². The van der Waals surface area contributed by atoms with Crippen molar-refractivity contribution in [1.29, 1.82) is 0 Å². The number of nitrogens with one attached hydrogen (secondary N) is 1. The zero-order valence-electron chi connectivity index (χ0n) is 13.3. The van der Waals surface area contributed by atoms with Crippen LogP contribution in [0.3, 0.4) is 0 Å². The van der Waals surface area contributed by atoms with Gasteiger partial charge in [0.2, 0.25) is 5.95 Å². The maximum atomic E-state index is 13.7. The van der Waals surface area contributed by atoms with Crippen LogP contribution < -0.4 is 9.46 Å². The molecule has 7 heteroatoms. The molecule has 0 saturated carbocycles. The first-order chi connectivity index (χ1) is 10.2. The van der Waals surface area contributed by atoms with Crippen molar-refractivity contribution in [2.45, 2.75) is 44.4 Å². The number of hydrogen-bond donors (Lipinski definition) is 1. The number of ether oxygens (including phenoxy) is 1. The molecule has 1 rings (SSSR count). The zero-order chi connectivity index (χ0) is 16.9. The van der Waals surface area contributed by atoms with E-state index in [9.17, 15) is 8.94 Å². The average Bonchev–Trinajstić information content (AvgIpc) is 2.45. The summed E-state index contributed by atoms with van der Waals surface area (Å²) in [7, 11) is 1.46. The molecule has 0 radical (unpaired) electrons. The van der Waals surface area contributed by atoms with Gasteiger partial charge in [0.1, 0.15) is 15.5 Å². The van der Waals surface area contributed by atoms with Crippen molar-refractivity contribution < 1.29 is 13.7 Å². The number of aromatic nitrogens is 1. The van der Waals surface area contributed by atoms with Crippen LogP contribution in [0, 0.1) is 5.95 Å². The third kappa shape index (κ3) is 4.84. The van der Waals surface area contributed by atoms with Crippen LogP contribution in [0.1, 0.15) is 45.2 Å². The summed E-state index contributed by atoms with van der Waals surface area (Å²) in [5, 5.41) is -0.119. The molecule has 22 heavy (non-hydrogen) atoms. The summed E-state index contributed by atoms with van der Waals surface area (Å²) < 4.78 is 33.9. The highest BCUT2D eigenvalue weighted by Crippen LogP contribution is 2.36. The Bertz CT molecular complexity index is 523. The molecule has 2 atom stereocenters. The summed E-state index contributed by atoms with van der Waals surface area (Å²) in [6.45, 7) is 9.24. The molecule has 0 saturated heterocycles. The molecule has 1 aromatic heterocycles. The molecule has 0 amide bonds. The molecule has 0 aromatic carbocycles. The predicted molar refractivity (Wildman–Crippen MR) is 89.0 cm³/mol. The van der Waals surface area contributed by atoms with Gasteiger partial charge in [-0.1, -0.05) is 17.7 Å². The van der Waals surface area contributed by atoms with Crippen molar-refractivity contribution in [2.24, 2.45) is 0 Å². The Kier molecular flexibility index (Phi) is 7.12. The van der Waals surface area contributed by atoms with Crippen LogP contribution in [-0.4, -0.2) is 21.4 Å². The lowest BCUT2D eigenvalue weighted by Gasteiger charge is -2.29. The van der Waals surface area contributed by atoms with E-state index in [0.717, 1.165) is 0 Å². The van der Waals surface area contributed by atoms with Crippen molar-refractivity contribution in [2.75, 3.05) is 7.11 Å². The highest BCUT2D eigenvalue weighted by atomic mass is 35.5. The number of allylic oxidation sites excluding steroid dienone is 1. The first-order valence-corrected chi connectivity index (χ1v) is 8.42. The zero-order valence-corrected chi connectivity index (χ0v) is 14.9. The van der Waals surface area contributed by atoms with Crippen molar-refractivity contribution >= 4 is 23.0 Å². The molecule has 1 heterocycles. The van der Waals surface area contributed by atoms with Crippen molar-refractivity contribution in [3.63, 3.8) is 0 Å². The summed E-state index contributed by atoms with van der Waals surface area (Å²) >= 11 is 4.73. The van der Waals surface area contributed by atoms with Crippen molar-refractivity contribution in [1.82, 2.24) is 9.71 Å². The summed E-state index contributed by atoms with van der Waals surface area (Å²) in [6.07, 6.45) is 4.24. The molecular formula is C15H22ClFN2O2S. The molecule has 0 aliphatic carbocycles. The van der Waals surface area contributed by atoms with E-state index in [0.29, 0.717) is 24.2 Å². The maximum Gasteiger partial charge on any atom is 0.232 e. The minimum absolute atomic E-state index is 0.119. The van der Waals surface area contributed by atoms with Crippen LogP contribution in [-0.2, 0) is 11.4 Å². The Morgan fingerprint density at radius 3 is 2.73 bits per heavy atom. The highest BCUT2D eigenvalue weighted by molar-refractivity contribution is 7.90. The fourth-order valence-corrected chi connectivity index (χ4v) is 2.92. The standard InChI is InChI=1S/C15H22ClFN2O2S/c1-6-7-8-10(19-22(20)15(2,3)4)12-11(21-5)9-18-14(17)13(12)16/h6,9-10,19H,1,7-8H2,2-5H3/t10-,22-/m0/s1. The third-order valence-electron chi connectivity index (χ3n) is 3.01. The van der Waals surface area contributed by atoms with Gasteiger partial charge in [-0.25, -0.2) is 4.98 Å². The predicted octanol–water partition coefficient (Wildman–Crippen LogP) is 3.94. The van der Waals surface area contributed by atoms with Gasteiger partial charge in [-0.3, -0.25) is 0 Å².